The lowest BCUT2D eigenvalue weighted by Gasteiger charge is -2.34. The van der Waals surface area contributed by atoms with Gasteiger partial charge in [0.05, 0.1) is 0 Å². The lowest BCUT2D eigenvalue weighted by atomic mass is 9.79. The van der Waals surface area contributed by atoms with Crippen LogP contribution in [0.1, 0.15) is 52.0 Å². The average Bonchev–Trinajstić information content (AvgIpc) is 2.79. The molecule has 1 saturated carbocycles. The van der Waals surface area contributed by atoms with Crippen LogP contribution >= 0.6 is 15.9 Å². The quantitative estimate of drug-likeness (QED) is 0.805. The molecule has 1 aromatic rings. The van der Waals surface area contributed by atoms with Gasteiger partial charge < -0.3 is 5.32 Å². The summed E-state index contributed by atoms with van der Waals surface area (Å²) >= 11 is 3.51. The van der Waals surface area contributed by atoms with Crippen molar-refractivity contribution in [1.82, 2.24) is 5.32 Å². The van der Waals surface area contributed by atoms with E-state index in [2.05, 4.69) is 42.0 Å². The highest BCUT2D eigenvalue weighted by Gasteiger charge is 2.35. The molecule has 0 amide bonds. The third kappa shape index (κ3) is 4.29. The molecule has 0 saturated heterocycles. The summed E-state index contributed by atoms with van der Waals surface area (Å²) in [6.45, 7) is 7.68. The van der Waals surface area contributed by atoms with Crippen LogP contribution in [0.4, 0.5) is 4.39 Å². The smallest absolute Gasteiger partial charge is 0.124 e. The molecule has 3 heteroatoms. The van der Waals surface area contributed by atoms with Gasteiger partial charge in [-0.25, -0.2) is 4.39 Å². The van der Waals surface area contributed by atoms with E-state index < -0.39 is 0 Å². The molecule has 2 rings (SSSR count). The van der Waals surface area contributed by atoms with E-state index in [0.717, 1.165) is 17.4 Å². The Kier molecular flexibility index (Phi) is 4.91. The van der Waals surface area contributed by atoms with Crippen molar-refractivity contribution in [3.8, 4) is 0 Å². The molecule has 0 aliphatic heterocycles. The van der Waals surface area contributed by atoms with E-state index in [1.54, 1.807) is 12.1 Å². The monoisotopic (exact) mass is 341 g/mol. The van der Waals surface area contributed by atoms with Gasteiger partial charge in [-0.2, -0.15) is 0 Å². The normalized spacial score (nSPS) is 18.4. The first-order chi connectivity index (χ1) is 9.30. The van der Waals surface area contributed by atoms with Gasteiger partial charge in [0.25, 0.3) is 0 Å². The van der Waals surface area contributed by atoms with E-state index in [1.807, 2.05) is 6.07 Å². The van der Waals surface area contributed by atoms with Crippen LogP contribution in [0.25, 0.3) is 0 Å². The first kappa shape index (κ1) is 16.0. The van der Waals surface area contributed by atoms with Crippen molar-refractivity contribution in [3.63, 3.8) is 0 Å². The van der Waals surface area contributed by atoms with Crippen LogP contribution in [0.2, 0.25) is 0 Å². The summed E-state index contributed by atoms with van der Waals surface area (Å²) < 4.78 is 14.1. The summed E-state index contributed by atoms with van der Waals surface area (Å²) in [7, 11) is 0. The van der Waals surface area contributed by atoms with Gasteiger partial charge in [-0.05, 0) is 63.1 Å². The third-order valence-corrected chi connectivity index (χ3v) is 4.98. The van der Waals surface area contributed by atoms with Crippen molar-refractivity contribution in [2.45, 2.75) is 58.4 Å². The Morgan fingerprint density at radius 1 is 1.25 bits per heavy atom. The Labute approximate surface area is 130 Å². The molecule has 1 nitrogen and oxygen atoms in total. The van der Waals surface area contributed by atoms with E-state index in [0.29, 0.717) is 5.41 Å². The van der Waals surface area contributed by atoms with Crippen molar-refractivity contribution in [2.24, 2.45) is 5.41 Å². The molecule has 1 aromatic carbocycles. The number of nitrogens with one attached hydrogen (secondary N) is 1. The van der Waals surface area contributed by atoms with Crippen molar-refractivity contribution in [2.75, 3.05) is 6.54 Å². The Bertz CT molecular complexity index is 459. The van der Waals surface area contributed by atoms with Crippen LogP contribution in [0.5, 0.6) is 0 Å². The third-order valence-electron chi connectivity index (χ3n) is 4.24. The van der Waals surface area contributed by atoms with Gasteiger partial charge in [0.1, 0.15) is 5.82 Å². The van der Waals surface area contributed by atoms with Crippen molar-refractivity contribution >= 4 is 15.9 Å². The number of hydrogen-bond donors (Lipinski definition) is 1. The van der Waals surface area contributed by atoms with Crippen molar-refractivity contribution in [3.05, 3.63) is 34.1 Å². The number of halogens is 2. The van der Waals surface area contributed by atoms with Crippen LogP contribution in [0, 0.1) is 11.2 Å². The summed E-state index contributed by atoms with van der Waals surface area (Å²) in [6, 6.07) is 5.08. The molecule has 0 bridgehead atoms. The number of hydrogen-bond acceptors (Lipinski definition) is 1. The van der Waals surface area contributed by atoms with E-state index in [4.69, 9.17) is 0 Å². The topological polar surface area (TPSA) is 12.0 Å². The summed E-state index contributed by atoms with van der Waals surface area (Å²) in [5.74, 6) is -0.172. The second-order valence-corrected chi connectivity index (χ2v) is 8.08. The van der Waals surface area contributed by atoms with E-state index >= 15 is 0 Å². The predicted octanol–water partition coefficient (Wildman–Crippen LogP) is 5.08. The fourth-order valence-corrected chi connectivity index (χ4v) is 3.55. The van der Waals surface area contributed by atoms with Crippen LogP contribution in [0.3, 0.4) is 0 Å². The van der Waals surface area contributed by atoms with Crippen LogP contribution in [0.15, 0.2) is 22.7 Å². The van der Waals surface area contributed by atoms with E-state index in [1.165, 1.54) is 31.2 Å². The predicted molar refractivity (Wildman–Crippen MR) is 86.5 cm³/mol. The summed E-state index contributed by atoms with van der Waals surface area (Å²) in [6.07, 6.45) is 6.17. The van der Waals surface area contributed by atoms with Gasteiger partial charge >= 0.3 is 0 Å². The molecule has 1 aliphatic rings. The molecule has 1 fully saturated rings. The molecule has 0 radical (unpaired) electrons. The highest BCUT2D eigenvalue weighted by Crippen LogP contribution is 2.42. The molecule has 0 aromatic heterocycles. The maximum atomic E-state index is 13.2. The molecule has 0 heterocycles. The van der Waals surface area contributed by atoms with Gasteiger partial charge in [-0.3, -0.25) is 0 Å². The summed E-state index contributed by atoms with van der Waals surface area (Å²) in [5.41, 5.74) is 1.70. The van der Waals surface area contributed by atoms with Gasteiger partial charge in [0.15, 0.2) is 0 Å². The molecular weight excluding hydrogens is 317 g/mol. The lowest BCUT2D eigenvalue weighted by Crippen LogP contribution is -2.44. The molecule has 20 heavy (non-hydrogen) atoms. The van der Waals surface area contributed by atoms with Gasteiger partial charge in [-0.15, -0.1) is 0 Å². The second-order valence-electron chi connectivity index (χ2n) is 7.22. The Morgan fingerprint density at radius 2 is 1.90 bits per heavy atom. The zero-order chi connectivity index (χ0) is 14.8. The molecule has 0 atom stereocenters. The maximum absolute atomic E-state index is 13.2. The van der Waals surface area contributed by atoms with Crippen molar-refractivity contribution in [1.29, 1.82) is 0 Å². The number of rotatable bonds is 4. The Balaban J connectivity index is 2.12. The fourth-order valence-electron chi connectivity index (χ4n) is 3.06. The zero-order valence-corrected chi connectivity index (χ0v) is 14.3. The van der Waals surface area contributed by atoms with E-state index in [-0.39, 0.29) is 11.4 Å². The fraction of sp³-hybridized carbons (Fsp3) is 0.647. The largest absolute Gasteiger partial charge is 0.312 e. The van der Waals surface area contributed by atoms with Crippen molar-refractivity contribution < 1.29 is 4.39 Å². The Morgan fingerprint density at radius 3 is 2.45 bits per heavy atom. The molecule has 0 unspecified atom stereocenters. The summed E-state index contributed by atoms with van der Waals surface area (Å²) in [4.78, 5) is 0. The van der Waals surface area contributed by atoms with Crippen LogP contribution in [-0.2, 0) is 6.42 Å². The molecule has 112 valence electrons. The minimum absolute atomic E-state index is 0.148. The average molecular weight is 342 g/mol. The molecule has 1 aliphatic carbocycles. The zero-order valence-electron chi connectivity index (χ0n) is 12.7. The minimum Gasteiger partial charge on any atom is -0.312 e. The highest BCUT2D eigenvalue weighted by atomic mass is 79.9. The lowest BCUT2D eigenvalue weighted by molar-refractivity contribution is 0.244. The van der Waals surface area contributed by atoms with Gasteiger partial charge in [-0.1, -0.05) is 34.8 Å². The van der Waals surface area contributed by atoms with Crippen LogP contribution in [-0.4, -0.2) is 12.1 Å². The first-order valence-electron chi connectivity index (χ1n) is 7.49. The Hall–Kier alpha value is -0.410. The highest BCUT2D eigenvalue weighted by molar-refractivity contribution is 9.10. The van der Waals surface area contributed by atoms with Gasteiger partial charge in [0.2, 0.25) is 0 Å². The summed E-state index contributed by atoms with van der Waals surface area (Å²) in [5, 5.41) is 3.67. The van der Waals surface area contributed by atoms with Gasteiger partial charge in [0, 0.05) is 16.6 Å². The maximum Gasteiger partial charge on any atom is 0.124 e. The minimum atomic E-state index is -0.172. The molecule has 0 spiro atoms. The van der Waals surface area contributed by atoms with E-state index in [9.17, 15) is 4.39 Å². The SMILES string of the molecule is CC(C)(C)NCC1(Cc2ccc(F)cc2Br)CCCC1. The standard InChI is InChI=1S/C17H25BrFN/c1-16(2,3)20-12-17(8-4-5-9-17)11-13-6-7-14(19)10-15(13)18/h6-7,10,20H,4-5,8-9,11-12H2,1-3H3. The molecule has 1 N–H and O–H groups in total. The number of benzene rings is 1. The second kappa shape index (κ2) is 6.15. The van der Waals surface area contributed by atoms with Crippen LogP contribution < -0.4 is 5.32 Å². The first-order valence-corrected chi connectivity index (χ1v) is 8.28. The molecular formula is C17H25BrFN.